The summed E-state index contributed by atoms with van der Waals surface area (Å²) in [6, 6.07) is 15.6. The molecule has 4 aromatic carbocycles. The number of hydrogen-bond donors (Lipinski definition) is 6. The predicted molar refractivity (Wildman–Crippen MR) is 195 cm³/mol. The first-order valence-corrected chi connectivity index (χ1v) is 17.0. The molecule has 54 heavy (non-hydrogen) atoms. The lowest BCUT2D eigenvalue weighted by atomic mass is 9.90. The Hall–Kier alpha value is -5.83. The van der Waals surface area contributed by atoms with E-state index < -0.39 is 36.8 Å². The number of phenolic OH excluding ortho intramolecular Hbond substituents is 3. The molecule has 0 spiro atoms. The summed E-state index contributed by atoms with van der Waals surface area (Å²) in [5.41, 5.74) is 2.84. The maximum Gasteiger partial charge on any atom is 0.330 e. The molecule has 14 heteroatoms. The van der Waals surface area contributed by atoms with Crippen LogP contribution in [0.3, 0.4) is 0 Å². The molecule has 0 saturated heterocycles. The van der Waals surface area contributed by atoms with Crippen molar-refractivity contribution in [2.75, 3.05) is 48.3 Å². The average molecular weight is 749 g/mol. The minimum Gasteiger partial charge on any atom is -0.504 e. The molecule has 4 aromatic rings. The average Bonchev–Trinajstić information content (AvgIpc) is 3.57. The number of esters is 1. The van der Waals surface area contributed by atoms with Gasteiger partial charge in [-0.1, -0.05) is 18.2 Å². The molecule has 0 fully saturated rings. The van der Waals surface area contributed by atoms with E-state index in [0.717, 1.165) is 5.56 Å². The number of benzene rings is 4. The van der Waals surface area contributed by atoms with Crippen molar-refractivity contribution >= 4 is 12.0 Å². The Morgan fingerprint density at radius 1 is 0.815 bits per heavy atom. The normalized spacial score (nSPS) is 15.9. The Morgan fingerprint density at radius 3 is 2.09 bits per heavy atom. The lowest BCUT2D eigenvalue weighted by molar-refractivity contribution is -0.137. The standard InChI is InChI=1S/C40H44O14/c1-48-31-16-22(7-10-28(31)43)8-12-36(46)52-13-5-6-23-14-26-27(20-41)38(54-39(26)30(45)15-23)25-18-33(50-3)40(34(19-25)51-4)53-35(21-42)37(47)24-9-11-29(44)32(17-24)49-2/h7-12,14-19,27,35,37-38,41-45,47H,5-6,13,20-21H2,1-4H3/b12-8+/t27?,35-,37-,38?/m1/s1. The molecule has 0 aromatic heterocycles. The summed E-state index contributed by atoms with van der Waals surface area (Å²) in [5.74, 6) is -0.278. The van der Waals surface area contributed by atoms with Gasteiger partial charge in [0.15, 0.2) is 52.1 Å². The van der Waals surface area contributed by atoms with Crippen molar-refractivity contribution in [2.45, 2.75) is 37.1 Å². The zero-order valence-electron chi connectivity index (χ0n) is 30.2. The Morgan fingerprint density at radius 2 is 1.46 bits per heavy atom. The first-order valence-electron chi connectivity index (χ1n) is 17.0. The number of ether oxygens (including phenoxy) is 7. The Balaban J connectivity index is 1.28. The first kappa shape index (κ1) is 39.4. The van der Waals surface area contributed by atoms with Gasteiger partial charge in [0.25, 0.3) is 0 Å². The molecule has 1 aliphatic heterocycles. The number of rotatable bonds is 17. The number of aryl methyl sites for hydroxylation is 1. The zero-order valence-corrected chi connectivity index (χ0v) is 30.2. The van der Waals surface area contributed by atoms with Gasteiger partial charge in [-0.3, -0.25) is 0 Å². The summed E-state index contributed by atoms with van der Waals surface area (Å²) in [5, 5.41) is 62.5. The number of methoxy groups -OCH3 is 4. The van der Waals surface area contributed by atoms with Crippen LogP contribution in [0, 0.1) is 0 Å². The Kier molecular flexibility index (Phi) is 13.0. The Bertz CT molecular complexity index is 1930. The van der Waals surface area contributed by atoms with Crippen LogP contribution in [-0.2, 0) is 16.0 Å². The van der Waals surface area contributed by atoms with Gasteiger partial charge in [-0.25, -0.2) is 4.79 Å². The fourth-order valence-electron chi connectivity index (χ4n) is 6.20. The van der Waals surface area contributed by atoms with Gasteiger partial charge in [-0.05, 0) is 78.1 Å². The smallest absolute Gasteiger partial charge is 0.330 e. The number of aromatic hydroxyl groups is 3. The highest BCUT2D eigenvalue weighted by molar-refractivity contribution is 5.87. The number of aliphatic hydroxyl groups excluding tert-OH is 3. The number of hydrogen-bond acceptors (Lipinski definition) is 14. The molecule has 0 saturated carbocycles. The fourth-order valence-corrected chi connectivity index (χ4v) is 6.20. The summed E-state index contributed by atoms with van der Waals surface area (Å²) in [6.45, 7) is -0.798. The molecule has 14 nitrogen and oxygen atoms in total. The maximum absolute atomic E-state index is 12.3. The molecule has 4 atom stereocenters. The van der Waals surface area contributed by atoms with Crippen LogP contribution < -0.4 is 28.4 Å². The van der Waals surface area contributed by atoms with Crippen molar-refractivity contribution < 1.29 is 68.6 Å². The van der Waals surface area contributed by atoms with E-state index in [0.29, 0.717) is 35.1 Å². The fraction of sp³-hybridized carbons (Fsp3) is 0.325. The van der Waals surface area contributed by atoms with Crippen molar-refractivity contribution in [3.05, 3.63) is 94.6 Å². The van der Waals surface area contributed by atoms with E-state index in [2.05, 4.69) is 0 Å². The quantitative estimate of drug-likeness (QED) is 0.0492. The predicted octanol–water partition coefficient (Wildman–Crippen LogP) is 4.71. The van der Waals surface area contributed by atoms with Gasteiger partial charge in [-0.15, -0.1) is 0 Å². The number of phenols is 3. The molecule has 0 aliphatic carbocycles. The molecule has 1 aliphatic rings. The van der Waals surface area contributed by atoms with Crippen LogP contribution in [0.2, 0.25) is 0 Å². The van der Waals surface area contributed by atoms with Crippen molar-refractivity contribution in [2.24, 2.45) is 0 Å². The SMILES string of the molecule is COc1cc(/C=C/C(=O)OCCCc2cc(O)c3c(c2)C(CO)C(c2cc(OC)c(O[C@H](CO)[C@H](O)c4ccc(O)c(OC)c4)c(OC)c2)O3)ccc1O. The minimum atomic E-state index is -1.34. The monoisotopic (exact) mass is 748 g/mol. The molecule has 1 heterocycles. The van der Waals surface area contributed by atoms with E-state index in [4.69, 9.17) is 33.2 Å². The molecule has 288 valence electrons. The number of fused-ring (bicyclic) bond motifs is 1. The van der Waals surface area contributed by atoms with Crippen LogP contribution in [0.1, 0.15) is 52.4 Å². The molecule has 6 N–H and O–H groups in total. The second-order valence-corrected chi connectivity index (χ2v) is 12.4. The summed E-state index contributed by atoms with van der Waals surface area (Å²) in [7, 11) is 5.63. The van der Waals surface area contributed by atoms with Crippen LogP contribution in [0.25, 0.3) is 6.08 Å². The second-order valence-electron chi connectivity index (χ2n) is 12.4. The highest BCUT2D eigenvalue weighted by Gasteiger charge is 2.39. The largest absolute Gasteiger partial charge is 0.504 e. The lowest BCUT2D eigenvalue weighted by Gasteiger charge is -2.26. The molecule has 5 rings (SSSR count). The van der Waals surface area contributed by atoms with Crippen molar-refractivity contribution in [3.63, 3.8) is 0 Å². The summed E-state index contributed by atoms with van der Waals surface area (Å²) in [4.78, 5) is 12.3. The van der Waals surface area contributed by atoms with E-state index in [1.807, 2.05) is 6.07 Å². The highest BCUT2D eigenvalue weighted by atomic mass is 16.6. The number of carbonyl (C=O) groups is 1. The van der Waals surface area contributed by atoms with Crippen molar-refractivity contribution in [1.29, 1.82) is 0 Å². The molecular formula is C40H44O14. The van der Waals surface area contributed by atoms with Gasteiger partial charge in [0.2, 0.25) is 5.75 Å². The molecule has 0 bridgehead atoms. The van der Waals surface area contributed by atoms with Gasteiger partial charge in [0, 0.05) is 17.2 Å². The topological polar surface area (TPSA) is 203 Å². The van der Waals surface area contributed by atoms with Gasteiger partial charge in [0.1, 0.15) is 12.2 Å². The van der Waals surface area contributed by atoms with Gasteiger partial charge < -0.3 is 63.8 Å². The third-order valence-corrected chi connectivity index (χ3v) is 8.99. The molecule has 0 radical (unpaired) electrons. The van der Waals surface area contributed by atoms with Crippen molar-refractivity contribution in [1.82, 2.24) is 0 Å². The minimum absolute atomic E-state index is 0.0103. The van der Waals surface area contributed by atoms with E-state index >= 15 is 0 Å². The van der Waals surface area contributed by atoms with E-state index in [-0.39, 0.29) is 65.0 Å². The van der Waals surface area contributed by atoms with Crippen LogP contribution in [0.15, 0.2) is 66.7 Å². The molecule has 0 amide bonds. The summed E-state index contributed by atoms with van der Waals surface area (Å²) < 4.78 is 39.1. The zero-order chi connectivity index (χ0) is 38.9. The van der Waals surface area contributed by atoms with Gasteiger partial charge in [-0.2, -0.15) is 0 Å². The van der Waals surface area contributed by atoms with Gasteiger partial charge >= 0.3 is 5.97 Å². The van der Waals surface area contributed by atoms with Gasteiger partial charge in [0.05, 0.1) is 54.2 Å². The third kappa shape index (κ3) is 8.68. The van der Waals surface area contributed by atoms with Crippen LogP contribution in [-0.4, -0.2) is 91.0 Å². The molecule has 2 unspecified atom stereocenters. The van der Waals surface area contributed by atoms with Crippen LogP contribution in [0.4, 0.5) is 0 Å². The number of carbonyl (C=O) groups excluding carboxylic acids is 1. The van der Waals surface area contributed by atoms with Crippen LogP contribution >= 0.6 is 0 Å². The van der Waals surface area contributed by atoms with E-state index in [1.54, 1.807) is 36.4 Å². The molecular weight excluding hydrogens is 704 g/mol. The lowest BCUT2D eigenvalue weighted by Crippen LogP contribution is -2.29. The Labute approximate surface area is 311 Å². The third-order valence-electron chi connectivity index (χ3n) is 8.99. The van der Waals surface area contributed by atoms with Crippen LogP contribution in [0.5, 0.6) is 51.7 Å². The summed E-state index contributed by atoms with van der Waals surface area (Å²) in [6.07, 6.45) is 0.448. The first-order chi connectivity index (χ1) is 26.0. The van der Waals surface area contributed by atoms with E-state index in [9.17, 15) is 35.4 Å². The number of aliphatic hydroxyl groups is 3. The van der Waals surface area contributed by atoms with Crippen molar-refractivity contribution in [3.8, 4) is 51.7 Å². The highest BCUT2D eigenvalue weighted by Crippen LogP contribution is 2.52. The summed E-state index contributed by atoms with van der Waals surface area (Å²) >= 11 is 0. The maximum atomic E-state index is 12.3. The second kappa shape index (κ2) is 17.8. The van der Waals surface area contributed by atoms with E-state index in [1.165, 1.54) is 58.8 Å².